The Labute approximate surface area is 169 Å². The summed E-state index contributed by atoms with van der Waals surface area (Å²) in [7, 11) is -3.24. The lowest BCUT2D eigenvalue weighted by molar-refractivity contribution is -0.117. The molecule has 0 N–H and O–H groups in total. The largest absolute Gasteiger partial charge is 0.356 e. The molecule has 1 aliphatic heterocycles. The maximum Gasteiger partial charge on any atom is 0.224 e. The van der Waals surface area contributed by atoms with Gasteiger partial charge in [0.1, 0.15) is 4.55 Å². The Morgan fingerprint density at radius 3 is 2.30 bits per heavy atom. The topological polar surface area (TPSA) is 74.8 Å². The molecule has 6 nitrogen and oxygen atoms in total. The van der Waals surface area contributed by atoms with Crippen molar-refractivity contribution in [1.82, 2.24) is 0 Å². The van der Waals surface area contributed by atoms with Crippen LogP contribution in [0.5, 0.6) is 0 Å². The zero-order valence-electron chi connectivity index (χ0n) is 15.3. The van der Waals surface area contributed by atoms with Crippen LogP contribution in [0.1, 0.15) is 13.8 Å². The molecule has 0 aromatic heterocycles. The number of carbonyl (C=O) groups is 1. The van der Waals surface area contributed by atoms with E-state index in [0.717, 1.165) is 22.5 Å². The Balaban J connectivity index is 2.07. The molecule has 144 valence electrons. The van der Waals surface area contributed by atoms with Gasteiger partial charge in [-0.05, 0) is 42.3 Å². The fourth-order valence-electron chi connectivity index (χ4n) is 3.44. The minimum Gasteiger partial charge on any atom is -0.356 e. The highest BCUT2D eigenvalue weighted by Gasteiger charge is 2.30. The molecule has 0 saturated heterocycles. The first-order chi connectivity index (χ1) is 12.7. The second-order valence-electron chi connectivity index (χ2n) is 6.69. The quantitative estimate of drug-likeness (QED) is 0.365. The van der Waals surface area contributed by atoms with Gasteiger partial charge in [0.25, 0.3) is 0 Å². The van der Waals surface area contributed by atoms with Crippen molar-refractivity contribution in [1.29, 1.82) is 0 Å². The van der Waals surface area contributed by atoms with E-state index < -0.39 is 31.0 Å². The number of anilines is 2. The monoisotopic (exact) mass is 500 g/mol. The second kappa shape index (κ2) is 7.67. The van der Waals surface area contributed by atoms with Gasteiger partial charge >= 0.3 is 0 Å². The highest BCUT2D eigenvalue weighted by atomic mass is 127. The summed E-state index contributed by atoms with van der Waals surface area (Å²) in [6, 6.07) is 12.5. The summed E-state index contributed by atoms with van der Waals surface area (Å²) in [5.74, 6) is -0.0227. The van der Waals surface area contributed by atoms with E-state index in [-0.39, 0.29) is 16.8 Å². The van der Waals surface area contributed by atoms with Gasteiger partial charge in [0.2, 0.25) is 5.91 Å². The number of hydrogen-bond acceptors (Lipinski definition) is 5. The van der Waals surface area contributed by atoms with Gasteiger partial charge in [0.15, 0.2) is 31.0 Å². The van der Waals surface area contributed by atoms with Gasteiger partial charge < -0.3 is 9.80 Å². The summed E-state index contributed by atoms with van der Waals surface area (Å²) >= 11 is -1.17. The zero-order chi connectivity index (χ0) is 19.8. The van der Waals surface area contributed by atoms with Crippen molar-refractivity contribution in [3.05, 3.63) is 42.5 Å². The third kappa shape index (κ3) is 4.06. The molecular weight excluding hydrogens is 479 g/mol. The van der Waals surface area contributed by atoms with Crippen molar-refractivity contribution < 1.29 is 16.3 Å². The molecule has 2 aromatic rings. The fourth-order valence-corrected chi connectivity index (χ4v) is 5.06. The number of benzene rings is 2. The molecule has 0 spiro atoms. The SMILES string of the molecule is CC(=O)N1c2ccc(-c3ccc(S(C)(=O)=O)cc3)cc2N(CI=O)C[C@@H]1C. The third-order valence-electron chi connectivity index (χ3n) is 4.65. The van der Waals surface area contributed by atoms with Crippen LogP contribution in [0.2, 0.25) is 0 Å². The highest BCUT2D eigenvalue weighted by Crippen LogP contribution is 2.39. The van der Waals surface area contributed by atoms with E-state index in [2.05, 4.69) is 4.90 Å². The van der Waals surface area contributed by atoms with Crippen molar-refractivity contribution >= 4 is 48.3 Å². The standard InChI is InChI=1S/C19H21IN2O4S/c1-13-11-21(12-20-24)19-10-16(6-9-18(19)22(13)14(2)23)15-4-7-17(8-5-15)27(3,25)26/h4-10,13H,11-12H2,1-3H3/t13-/m0/s1. The van der Waals surface area contributed by atoms with Crippen LogP contribution >= 0.6 is 21.2 Å². The number of carbonyl (C=O) groups excluding carboxylic acids is 1. The Morgan fingerprint density at radius 2 is 1.74 bits per heavy atom. The molecule has 8 heteroatoms. The van der Waals surface area contributed by atoms with Crippen molar-refractivity contribution in [3.8, 4) is 11.1 Å². The second-order valence-corrected chi connectivity index (χ2v) is 10.0. The van der Waals surface area contributed by atoms with Crippen LogP contribution in [-0.4, -0.2) is 37.7 Å². The average Bonchev–Trinajstić information content (AvgIpc) is 2.60. The minimum atomic E-state index is -3.24. The van der Waals surface area contributed by atoms with Crippen LogP contribution in [0.4, 0.5) is 11.4 Å². The molecule has 0 bridgehead atoms. The van der Waals surface area contributed by atoms with Crippen molar-refractivity contribution in [2.75, 3.05) is 27.2 Å². The Kier molecular flexibility index (Phi) is 5.66. The summed E-state index contributed by atoms with van der Waals surface area (Å²) in [6.45, 7) is 4.16. The van der Waals surface area contributed by atoms with E-state index in [1.165, 1.54) is 6.26 Å². The van der Waals surface area contributed by atoms with E-state index >= 15 is 0 Å². The molecular formula is C19H21IN2O4S. The average molecular weight is 500 g/mol. The number of halogens is 1. The first kappa shape index (κ1) is 19.9. The number of alkyl halides is 1. The summed E-state index contributed by atoms with van der Waals surface area (Å²) in [4.78, 5) is 16.2. The van der Waals surface area contributed by atoms with Crippen molar-refractivity contribution in [3.63, 3.8) is 0 Å². The first-order valence-corrected chi connectivity index (χ1v) is 12.7. The summed E-state index contributed by atoms with van der Waals surface area (Å²) in [5, 5.41) is 0. The number of amides is 1. The molecule has 2 aromatic carbocycles. The summed E-state index contributed by atoms with van der Waals surface area (Å²) in [5.41, 5.74) is 3.50. The van der Waals surface area contributed by atoms with Crippen LogP contribution in [0.25, 0.3) is 11.1 Å². The van der Waals surface area contributed by atoms with Crippen LogP contribution in [0.3, 0.4) is 0 Å². The lowest BCUT2D eigenvalue weighted by Gasteiger charge is -2.41. The first-order valence-electron chi connectivity index (χ1n) is 8.43. The molecule has 0 unspecified atom stereocenters. The zero-order valence-corrected chi connectivity index (χ0v) is 18.3. The molecule has 27 heavy (non-hydrogen) atoms. The highest BCUT2D eigenvalue weighted by molar-refractivity contribution is 14.1. The predicted molar refractivity (Wildman–Crippen MR) is 115 cm³/mol. The van der Waals surface area contributed by atoms with Crippen molar-refractivity contribution in [2.24, 2.45) is 0 Å². The van der Waals surface area contributed by atoms with Crippen LogP contribution < -0.4 is 9.80 Å². The van der Waals surface area contributed by atoms with Gasteiger partial charge in [-0.2, -0.15) is 0 Å². The molecule has 1 aliphatic rings. The Bertz CT molecular complexity index is 989. The normalized spacial score (nSPS) is 16.9. The molecule has 3 rings (SSSR count). The maximum absolute atomic E-state index is 12.1. The predicted octanol–water partition coefficient (Wildman–Crippen LogP) is 3.59. The van der Waals surface area contributed by atoms with E-state index in [9.17, 15) is 16.3 Å². The molecule has 0 fully saturated rings. The molecule has 0 aliphatic carbocycles. The Morgan fingerprint density at radius 1 is 1.11 bits per heavy atom. The number of nitrogens with zero attached hydrogens (tertiary/aromatic N) is 2. The fraction of sp³-hybridized carbons (Fsp3) is 0.316. The number of fused-ring (bicyclic) bond motifs is 1. The maximum atomic E-state index is 12.1. The van der Waals surface area contributed by atoms with Crippen LogP contribution in [0, 0.1) is 0 Å². The Hall–Kier alpha value is -1.81. The van der Waals surface area contributed by atoms with E-state index in [1.807, 2.05) is 25.1 Å². The number of rotatable bonds is 4. The van der Waals surface area contributed by atoms with Gasteiger partial charge in [-0.15, -0.1) is 0 Å². The van der Waals surface area contributed by atoms with E-state index in [1.54, 1.807) is 36.1 Å². The van der Waals surface area contributed by atoms with Gasteiger partial charge in [-0.1, -0.05) is 18.2 Å². The van der Waals surface area contributed by atoms with Crippen LogP contribution in [0.15, 0.2) is 47.4 Å². The van der Waals surface area contributed by atoms with Crippen molar-refractivity contribution in [2.45, 2.75) is 24.8 Å². The van der Waals surface area contributed by atoms with Crippen LogP contribution in [-0.2, 0) is 17.7 Å². The van der Waals surface area contributed by atoms with Gasteiger partial charge in [-0.25, -0.2) is 8.42 Å². The van der Waals surface area contributed by atoms with E-state index in [4.69, 9.17) is 0 Å². The number of hydrogen-bond donors (Lipinski definition) is 0. The smallest absolute Gasteiger partial charge is 0.224 e. The van der Waals surface area contributed by atoms with Gasteiger partial charge in [0, 0.05) is 19.7 Å². The summed E-state index contributed by atoms with van der Waals surface area (Å²) in [6.07, 6.45) is 1.18. The molecule has 0 radical (unpaired) electrons. The molecule has 1 heterocycles. The van der Waals surface area contributed by atoms with Gasteiger partial charge in [0.05, 0.1) is 22.3 Å². The minimum absolute atomic E-state index is 0.00505. The molecule has 0 saturated carbocycles. The molecule has 1 atom stereocenters. The lowest BCUT2D eigenvalue weighted by Crippen LogP contribution is -2.49. The third-order valence-corrected chi connectivity index (χ3v) is 6.88. The van der Waals surface area contributed by atoms with Gasteiger partial charge in [-0.3, -0.25) is 7.86 Å². The summed E-state index contributed by atoms with van der Waals surface area (Å²) < 4.78 is 35.1. The number of sulfone groups is 1. The molecule has 1 amide bonds. The van der Waals surface area contributed by atoms with E-state index in [0.29, 0.717) is 11.1 Å². The lowest BCUT2D eigenvalue weighted by atomic mass is 10.0.